The minimum atomic E-state index is 0.205. The lowest BCUT2D eigenvalue weighted by atomic mass is 9.87. The molecular formula is C32H46N4O. The van der Waals surface area contributed by atoms with Gasteiger partial charge in [0.2, 0.25) is 5.95 Å². The summed E-state index contributed by atoms with van der Waals surface area (Å²) in [4.78, 5) is 11.5. The lowest BCUT2D eigenvalue weighted by Crippen LogP contribution is -2.26. The third kappa shape index (κ3) is 8.77. The van der Waals surface area contributed by atoms with E-state index < -0.39 is 0 Å². The maximum Gasteiger partial charge on any atom is 0.225 e. The summed E-state index contributed by atoms with van der Waals surface area (Å²) in [6.45, 7) is 15.6. The van der Waals surface area contributed by atoms with Crippen LogP contribution in [0.4, 0.5) is 11.8 Å². The van der Waals surface area contributed by atoms with Crippen molar-refractivity contribution >= 4 is 22.7 Å². The molecule has 1 aliphatic rings. The molecule has 4 rings (SSSR count). The first-order chi connectivity index (χ1) is 17.5. The Morgan fingerprint density at radius 2 is 1.65 bits per heavy atom. The number of benzene rings is 2. The number of fused-ring (bicyclic) bond motifs is 1. The van der Waals surface area contributed by atoms with Crippen molar-refractivity contribution < 1.29 is 4.74 Å². The summed E-state index contributed by atoms with van der Waals surface area (Å²) in [7, 11) is 4.06. The van der Waals surface area contributed by atoms with E-state index in [1.807, 2.05) is 45.3 Å². The van der Waals surface area contributed by atoms with Gasteiger partial charge in [0.05, 0.1) is 12.1 Å². The average molecular weight is 503 g/mol. The first-order valence-corrected chi connectivity index (χ1v) is 13.6. The second kappa shape index (κ2) is 12.9. The Morgan fingerprint density at radius 3 is 2.24 bits per heavy atom. The molecule has 0 aliphatic heterocycles. The van der Waals surface area contributed by atoms with Crippen LogP contribution >= 0.6 is 0 Å². The Kier molecular flexibility index (Phi) is 9.96. The highest BCUT2D eigenvalue weighted by Crippen LogP contribution is 2.28. The fourth-order valence-electron chi connectivity index (χ4n) is 4.45. The zero-order valence-electron chi connectivity index (χ0n) is 24.0. The Balaban J connectivity index is 0.000000214. The van der Waals surface area contributed by atoms with Crippen LogP contribution in [-0.4, -0.2) is 36.7 Å². The molecule has 200 valence electrons. The molecular weight excluding hydrogens is 456 g/mol. The smallest absolute Gasteiger partial charge is 0.225 e. The molecule has 0 spiro atoms. The molecule has 1 fully saturated rings. The van der Waals surface area contributed by atoms with E-state index in [0.29, 0.717) is 12.6 Å². The van der Waals surface area contributed by atoms with Gasteiger partial charge in [-0.2, -0.15) is 4.98 Å². The molecule has 0 atom stereocenters. The fourth-order valence-corrected chi connectivity index (χ4v) is 4.45. The number of para-hydroxylation sites is 1. The highest BCUT2D eigenvalue weighted by atomic mass is 16.5. The molecule has 5 heteroatoms. The van der Waals surface area contributed by atoms with Crippen molar-refractivity contribution in [1.29, 1.82) is 0 Å². The predicted octanol–water partition coefficient (Wildman–Crippen LogP) is 8.02. The Labute approximate surface area is 224 Å². The predicted molar refractivity (Wildman–Crippen MR) is 159 cm³/mol. The van der Waals surface area contributed by atoms with E-state index in [-0.39, 0.29) is 5.41 Å². The van der Waals surface area contributed by atoms with Gasteiger partial charge < -0.3 is 15.0 Å². The van der Waals surface area contributed by atoms with Gasteiger partial charge in [0, 0.05) is 31.9 Å². The van der Waals surface area contributed by atoms with Crippen molar-refractivity contribution in [3.05, 3.63) is 66.2 Å². The van der Waals surface area contributed by atoms with Gasteiger partial charge in [-0.3, -0.25) is 0 Å². The van der Waals surface area contributed by atoms with Gasteiger partial charge in [0.25, 0.3) is 0 Å². The minimum Gasteiger partial charge on any atom is -0.493 e. The van der Waals surface area contributed by atoms with Gasteiger partial charge in [-0.1, -0.05) is 57.5 Å². The van der Waals surface area contributed by atoms with E-state index in [0.717, 1.165) is 46.3 Å². The van der Waals surface area contributed by atoms with Crippen molar-refractivity contribution in [3.63, 3.8) is 0 Å². The number of ether oxygens (including phenoxy) is 1. The molecule has 0 saturated heterocycles. The highest BCUT2D eigenvalue weighted by Gasteiger charge is 2.19. The SMILES string of the molecule is C=C(C)CCOc1ccc(C(C)(C)C)cc1.CC1CCC(Nc2nc(N(C)C)c3ccccc3n2)CC1. The normalized spacial score (nSPS) is 17.5. The van der Waals surface area contributed by atoms with Crippen LogP contribution in [0.25, 0.3) is 10.9 Å². The van der Waals surface area contributed by atoms with E-state index in [9.17, 15) is 0 Å². The Bertz CT molecular complexity index is 1140. The summed E-state index contributed by atoms with van der Waals surface area (Å²) < 4.78 is 5.62. The van der Waals surface area contributed by atoms with Crippen LogP contribution in [0.2, 0.25) is 0 Å². The quantitative estimate of drug-likeness (QED) is 0.332. The van der Waals surface area contributed by atoms with Crippen LogP contribution in [0, 0.1) is 5.92 Å². The summed E-state index contributed by atoms with van der Waals surface area (Å²) in [6.07, 6.45) is 5.95. The average Bonchev–Trinajstić information content (AvgIpc) is 2.85. The number of rotatable bonds is 7. The number of hydrogen-bond donors (Lipinski definition) is 1. The van der Waals surface area contributed by atoms with E-state index >= 15 is 0 Å². The number of hydrogen-bond acceptors (Lipinski definition) is 5. The summed E-state index contributed by atoms with van der Waals surface area (Å²) in [5.74, 6) is 3.54. The van der Waals surface area contributed by atoms with Crippen molar-refractivity contribution in [2.24, 2.45) is 5.92 Å². The van der Waals surface area contributed by atoms with Gasteiger partial charge in [0.1, 0.15) is 11.6 Å². The van der Waals surface area contributed by atoms with Crippen molar-refractivity contribution in [2.45, 2.75) is 78.2 Å². The summed E-state index contributed by atoms with van der Waals surface area (Å²) in [5.41, 5.74) is 3.70. The maximum atomic E-state index is 5.62. The monoisotopic (exact) mass is 502 g/mol. The van der Waals surface area contributed by atoms with Gasteiger partial charge in [-0.25, -0.2) is 4.98 Å². The van der Waals surface area contributed by atoms with Crippen molar-refractivity contribution in [3.8, 4) is 5.75 Å². The summed E-state index contributed by atoms with van der Waals surface area (Å²) in [5, 5.41) is 4.64. The molecule has 1 saturated carbocycles. The van der Waals surface area contributed by atoms with Crippen LogP contribution in [0.1, 0.15) is 72.3 Å². The fraction of sp³-hybridized carbons (Fsp3) is 0.500. The molecule has 3 aromatic rings. The zero-order valence-corrected chi connectivity index (χ0v) is 24.0. The summed E-state index contributed by atoms with van der Waals surface area (Å²) >= 11 is 0. The standard InChI is InChI=1S/C17H24N4.C15H22O/c1-12-8-10-13(11-9-12)18-17-19-15-7-5-4-6-14(15)16(20-17)21(2)3;1-12(2)10-11-16-14-8-6-13(7-9-14)15(3,4)5/h4-7,12-13H,8-11H2,1-3H3,(H,18,19,20);6-9H,1,10-11H2,2-5H3. The molecule has 2 aromatic carbocycles. The highest BCUT2D eigenvalue weighted by molar-refractivity contribution is 5.90. The number of anilines is 2. The molecule has 1 aliphatic carbocycles. The Hall–Kier alpha value is -3.08. The van der Waals surface area contributed by atoms with E-state index in [1.165, 1.54) is 31.2 Å². The lowest BCUT2D eigenvalue weighted by Gasteiger charge is -2.27. The van der Waals surface area contributed by atoms with Crippen molar-refractivity contribution in [1.82, 2.24) is 9.97 Å². The molecule has 0 amide bonds. The van der Waals surface area contributed by atoms with Crippen LogP contribution in [-0.2, 0) is 5.41 Å². The number of nitrogens with one attached hydrogen (secondary N) is 1. The first kappa shape index (κ1) is 28.5. The topological polar surface area (TPSA) is 50.3 Å². The van der Waals surface area contributed by atoms with E-state index in [1.54, 1.807) is 0 Å². The van der Waals surface area contributed by atoms with Gasteiger partial charge >= 0.3 is 0 Å². The molecule has 0 bridgehead atoms. The molecule has 1 N–H and O–H groups in total. The minimum absolute atomic E-state index is 0.205. The number of nitrogens with zero attached hydrogens (tertiary/aromatic N) is 3. The largest absolute Gasteiger partial charge is 0.493 e. The molecule has 1 heterocycles. The van der Waals surface area contributed by atoms with Crippen LogP contribution in [0.5, 0.6) is 5.75 Å². The van der Waals surface area contributed by atoms with E-state index in [4.69, 9.17) is 9.72 Å². The van der Waals surface area contributed by atoms with Crippen molar-refractivity contribution in [2.75, 3.05) is 30.9 Å². The third-order valence-corrected chi connectivity index (χ3v) is 6.87. The Morgan fingerprint density at radius 1 is 1.00 bits per heavy atom. The zero-order chi connectivity index (χ0) is 27.0. The van der Waals surface area contributed by atoms with E-state index in [2.05, 4.69) is 73.7 Å². The number of aromatic nitrogens is 2. The van der Waals surface area contributed by atoms with Gasteiger partial charge in [0.15, 0.2) is 0 Å². The third-order valence-electron chi connectivity index (χ3n) is 6.87. The molecule has 5 nitrogen and oxygen atoms in total. The second-order valence-corrected chi connectivity index (χ2v) is 11.7. The molecule has 0 unspecified atom stereocenters. The lowest BCUT2D eigenvalue weighted by molar-refractivity contribution is 0.321. The van der Waals surface area contributed by atoms with Gasteiger partial charge in [-0.15, -0.1) is 6.58 Å². The summed E-state index contributed by atoms with van der Waals surface area (Å²) in [6, 6.07) is 17.1. The van der Waals surface area contributed by atoms with Crippen LogP contribution in [0.3, 0.4) is 0 Å². The van der Waals surface area contributed by atoms with Crippen LogP contribution in [0.15, 0.2) is 60.7 Å². The maximum absolute atomic E-state index is 5.62. The van der Waals surface area contributed by atoms with Gasteiger partial charge in [-0.05, 0) is 73.8 Å². The molecule has 0 radical (unpaired) electrons. The molecule has 1 aromatic heterocycles. The first-order valence-electron chi connectivity index (χ1n) is 13.6. The second-order valence-electron chi connectivity index (χ2n) is 11.7. The molecule has 37 heavy (non-hydrogen) atoms. The van der Waals surface area contributed by atoms with Crippen LogP contribution < -0.4 is 15.0 Å².